The fourth-order valence-electron chi connectivity index (χ4n) is 1.83. The van der Waals surface area contributed by atoms with Gasteiger partial charge in [0.25, 0.3) is 0 Å². The molecule has 1 fully saturated rings. The normalized spacial score (nSPS) is 20.3. The van der Waals surface area contributed by atoms with E-state index >= 15 is 0 Å². The summed E-state index contributed by atoms with van der Waals surface area (Å²) in [6, 6.07) is 10.2. The van der Waals surface area contributed by atoms with Crippen molar-refractivity contribution < 1.29 is 4.79 Å². The number of nitrogens with two attached hydrogens (primary N) is 1. The van der Waals surface area contributed by atoms with Crippen LogP contribution in [0.15, 0.2) is 30.3 Å². The second-order valence-electron chi connectivity index (χ2n) is 3.66. The highest BCUT2D eigenvalue weighted by Crippen LogP contribution is 2.20. The SMILES string of the molecule is NC(=O)N1CCC1Cc1ccccc1. The van der Waals surface area contributed by atoms with Crippen LogP contribution in [0, 0.1) is 0 Å². The molecule has 0 saturated carbocycles. The third-order valence-electron chi connectivity index (χ3n) is 2.74. The molecule has 0 radical (unpaired) electrons. The standard InChI is InChI=1S/C11H14N2O/c12-11(14)13-7-6-10(13)8-9-4-2-1-3-5-9/h1-5,10H,6-8H2,(H2,12,14). The fraction of sp³-hybridized carbons (Fsp3) is 0.364. The average Bonchev–Trinajstić information content (AvgIpc) is 2.13. The number of primary amides is 1. The van der Waals surface area contributed by atoms with E-state index in [-0.39, 0.29) is 6.03 Å². The lowest BCUT2D eigenvalue weighted by Gasteiger charge is -2.39. The second kappa shape index (κ2) is 3.70. The Kier molecular flexibility index (Phi) is 2.39. The largest absolute Gasteiger partial charge is 0.351 e. The molecule has 1 aliphatic heterocycles. The second-order valence-corrected chi connectivity index (χ2v) is 3.66. The fourth-order valence-corrected chi connectivity index (χ4v) is 1.83. The Morgan fingerprint density at radius 3 is 2.64 bits per heavy atom. The first-order valence-corrected chi connectivity index (χ1v) is 4.87. The van der Waals surface area contributed by atoms with Gasteiger partial charge in [-0.15, -0.1) is 0 Å². The van der Waals surface area contributed by atoms with Crippen molar-refractivity contribution in [3.63, 3.8) is 0 Å². The van der Waals surface area contributed by atoms with Gasteiger partial charge in [0.2, 0.25) is 0 Å². The Balaban J connectivity index is 1.96. The number of hydrogen-bond acceptors (Lipinski definition) is 1. The molecule has 1 saturated heterocycles. The highest BCUT2D eigenvalue weighted by molar-refractivity contribution is 5.73. The van der Waals surface area contributed by atoms with Crippen molar-refractivity contribution in [1.82, 2.24) is 4.90 Å². The summed E-state index contributed by atoms with van der Waals surface area (Å²) in [6.45, 7) is 0.812. The lowest BCUT2D eigenvalue weighted by atomic mass is 9.96. The van der Waals surface area contributed by atoms with Gasteiger partial charge in [0.1, 0.15) is 0 Å². The molecule has 1 unspecified atom stereocenters. The van der Waals surface area contributed by atoms with E-state index in [1.165, 1.54) is 5.56 Å². The summed E-state index contributed by atoms with van der Waals surface area (Å²) >= 11 is 0. The monoisotopic (exact) mass is 190 g/mol. The van der Waals surface area contributed by atoms with Crippen molar-refractivity contribution in [3.8, 4) is 0 Å². The third-order valence-corrected chi connectivity index (χ3v) is 2.74. The van der Waals surface area contributed by atoms with E-state index in [2.05, 4.69) is 12.1 Å². The summed E-state index contributed by atoms with van der Waals surface area (Å²) in [5.41, 5.74) is 6.50. The van der Waals surface area contributed by atoms with Gasteiger partial charge < -0.3 is 10.6 Å². The Hall–Kier alpha value is -1.51. The van der Waals surface area contributed by atoms with Crippen molar-refractivity contribution in [2.45, 2.75) is 18.9 Å². The molecule has 1 atom stereocenters. The molecule has 0 bridgehead atoms. The van der Waals surface area contributed by atoms with Crippen LogP contribution in [0.2, 0.25) is 0 Å². The van der Waals surface area contributed by atoms with Crippen LogP contribution in [-0.2, 0) is 6.42 Å². The van der Waals surface area contributed by atoms with Gasteiger partial charge in [-0.05, 0) is 18.4 Å². The van der Waals surface area contributed by atoms with Gasteiger partial charge in [0, 0.05) is 12.6 Å². The molecule has 74 valence electrons. The van der Waals surface area contributed by atoms with Gasteiger partial charge in [-0.3, -0.25) is 0 Å². The smallest absolute Gasteiger partial charge is 0.315 e. The minimum Gasteiger partial charge on any atom is -0.351 e. The summed E-state index contributed by atoms with van der Waals surface area (Å²) in [7, 11) is 0. The first-order valence-electron chi connectivity index (χ1n) is 4.87. The minimum atomic E-state index is -0.294. The predicted octanol–water partition coefficient (Wildman–Crippen LogP) is 1.38. The summed E-state index contributed by atoms with van der Waals surface area (Å²) in [5, 5.41) is 0. The maximum Gasteiger partial charge on any atom is 0.315 e. The molecule has 2 rings (SSSR count). The number of amides is 2. The minimum absolute atomic E-state index is 0.294. The zero-order chi connectivity index (χ0) is 9.97. The van der Waals surface area contributed by atoms with Gasteiger partial charge in [0.15, 0.2) is 0 Å². The molecule has 3 heteroatoms. The molecular weight excluding hydrogens is 176 g/mol. The van der Waals surface area contributed by atoms with E-state index in [1.807, 2.05) is 18.2 Å². The third kappa shape index (κ3) is 1.71. The van der Waals surface area contributed by atoms with Gasteiger partial charge in [-0.2, -0.15) is 0 Å². The van der Waals surface area contributed by atoms with Crippen molar-refractivity contribution in [2.75, 3.05) is 6.54 Å². The van der Waals surface area contributed by atoms with E-state index in [1.54, 1.807) is 4.90 Å². The van der Waals surface area contributed by atoms with Crippen LogP contribution in [-0.4, -0.2) is 23.5 Å². The van der Waals surface area contributed by atoms with E-state index in [0.29, 0.717) is 6.04 Å². The summed E-state index contributed by atoms with van der Waals surface area (Å²) in [4.78, 5) is 12.7. The number of benzene rings is 1. The zero-order valence-corrected chi connectivity index (χ0v) is 8.02. The highest BCUT2D eigenvalue weighted by atomic mass is 16.2. The first kappa shape index (κ1) is 9.06. The van der Waals surface area contributed by atoms with E-state index in [0.717, 1.165) is 19.4 Å². The van der Waals surface area contributed by atoms with Crippen molar-refractivity contribution >= 4 is 6.03 Å². The molecule has 2 N–H and O–H groups in total. The number of carbonyl (C=O) groups excluding carboxylic acids is 1. The van der Waals surface area contributed by atoms with Gasteiger partial charge in [0.05, 0.1) is 0 Å². The van der Waals surface area contributed by atoms with E-state index < -0.39 is 0 Å². The molecule has 1 heterocycles. The molecule has 1 aromatic carbocycles. The Morgan fingerprint density at radius 1 is 1.43 bits per heavy atom. The molecule has 1 aromatic rings. The maximum atomic E-state index is 10.9. The highest BCUT2D eigenvalue weighted by Gasteiger charge is 2.30. The van der Waals surface area contributed by atoms with Crippen LogP contribution in [0.5, 0.6) is 0 Å². The van der Waals surface area contributed by atoms with Crippen LogP contribution in [0.1, 0.15) is 12.0 Å². The van der Waals surface area contributed by atoms with Gasteiger partial charge in [-0.1, -0.05) is 30.3 Å². The zero-order valence-electron chi connectivity index (χ0n) is 8.02. The van der Waals surface area contributed by atoms with Crippen LogP contribution >= 0.6 is 0 Å². The first-order chi connectivity index (χ1) is 6.77. The lowest BCUT2D eigenvalue weighted by molar-refractivity contribution is 0.122. The summed E-state index contributed by atoms with van der Waals surface area (Å²) in [5.74, 6) is 0. The maximum absolute atomic E-state index is 10.9. The Bertz CT molecular complexity index is 323. The van der Waals surface area contributed by atoms with E-state index in [9.17, 15) is 4.79 Å². The number of carbonyl (C=O) groups is 1. The number of rotatable bonds is 2. The Labute approximate surface area is 83.5 Å². The number of likely N-dealkylation sites (tertiary alicyclic amines) is 1. The lowest BCUT2D eigenvalue weighted by Crippen LogP contribution is -2.54. The quantitative estimate of drug-likeness (QED) is 0.752. The van der Waals surface area contributed by atoms with Crippen molar-refractivity contribution in [2.24, 2.45) is 5.73 Å². The molecule has 14 heavy (non-hydrogen) atoms. The van der Waals surface area contributed by atoms with Crippen LogP contribution < -0.4 is 5.73 Å². The molecule has 0 aliphatic carbocycles. The van der Waals surface area contributed by atoms with Crippen LogP contribution in [0.25, 0.3) is 0 Å². The van der Waals surface area contributed by atoms with Crippen LogP contribution in [0.3, 0.4) is 0 Å². The van der Waals surface area contributed by atoms with Crippen molar-refractivity contribution in [3.05, 3.63) is 35.9 Å². The predicted molar refractivity (Wildman–Crippen MR) is 54.8 cm³/mol. The number of hydrogen-bond donors (Lipinski definition) is 1. The van der Waals surface area contributed by atoms with Crippen molar-refractivity contribution in [1.29, 1.82) is 0 Å². The Morgan fingerprint density at radius 2 is 2.14 bits per heavy atom. The molecule has 2 amide bonds. The van der Waals surface area contributed by atoms with Gasteiger partial charge in [-0.25, -0.2) is 4.79 Å². The number of urea groups is 1. The summed E-state index contributed by atoms with van der Waals surface area (Å²) < 4.78 is 0. The molecular formula is C11H14N2O. The molecule has 0 aromatic heterocycles. The average molecular weight is 190 g/mol. The molecule has 3 nitrogen and oxygen atoms in total. The molecule has 1 aliphatic rings. The van der Waals surface area contributed by atoms with E-state index in [4.69, 9.17) is 5.73 Å². The van der Waals surface area contributed by atoms with Gasteiger partial charge >= 0.3 is 6.03 Å². The summed E-state index contributed by atoms with van der Waals surface area (Å²) in [6.07, 6.45) is 1.99. The molecule has 0 spiro atoms. The number of nitrogens with zero attached hydrogens (tertiary/aromatic N) is 1. The topological polar surface area (TPSA) is 46.3 Å². The van der Waals surface area contributed by atoms with Crippen LogP contribution in [0.4, 0.5) is 4.79 Å².